The third-order valence-corrected chi connectivity index (χ3v) is 7.92. The Balaban J connectivity index is 1.06. The van der Waals surface area contributed by atoms with Crippen LogP contribution in [0.5, 0.6) is 0 Å². The summed E-state index contributed by atoms with van der Waals surface area (Å²) in [5.74, 6) is -0.705. The molecule has 1 aliphatic carbocycles. The molecule has 210 valence electrons. The van der Waals surface area contributed by atoms with E-state index in [4.69, 9.17) is 26.4 Å². The number of esters is 1. The molecule has 0 spiro atoms. The average molecular weight is 578 g/mol. The van der Waals surface area contributed by atoms with E-state index in [-0.39, 0.29) is 46.7 Å². The van der Waals surface area contributed by atoms with Gasteiger partial charge in [-0.05, 0) is 31.4 Å². The summed E-state index contributed by atoms with van der Waals surface area (Å²) in [6.07, 6.45) is 9.09. The lowest BCUT2D eigenvalue weighted by Gasteiger charge is -2.39. The molecule has 2 fully saturated rings. The maximum absolute atomic E-state index is 14.5. The highest BCUT2D eigenvalue weighted by atomic mass is 35.5. The van der Waals surface area contributed by atoms with Gasteiger partial charge in [-0.3, -0.25) is 9.59 Å². The van der Waals surface area contributed by atoms with Crippen molar-refractivity contribution in [2.75, 3.05) is 25.1 Å². The smallest absolute Gasteiger partial charge is 0.312 e. The molecule has 0 radical (unpaired) electrons. The van der Waals surface area contributed by atoms with Crippen LogP contribution in [0.4, 0.5) is 10.1 Å². The van der Waals surface area contributed by atoms with Crippen LogP contribution in [-0.2, 0) is 22.5 Å². The average Bonchev–Trinajstić information content (AvgIpc) is 3.34. The Morgan fingerprint density at radius 3 is 2.83 bits per heavy atom. The van der Waals surface area contributed by atoms with Crippen molar-refractivity contribution < 1.29 is 18.7 Å². The van der Waals surface area contributed by atoms with Crippen molar-refractivity contribution in [1.29, 1.82) is 0 Å². The number of methoxy groups -OCH3 is 1. The lowest BCUT2D eigenvalue weighted by molar-refractivity contribution is -0.146. The minimum atomic E-state index is -0.563. The summed E-state index contributed by atoms with van der Waals surface area (Å²) in [5, 5.41) is 12.9. The first-order valence-electron chi connectivity index (χ1n) is 13.3. The maximum atomic E-state index is 14.5. The van der Waals surface area contributed by atoms with Crippen LogP contribution in [0, 0.1) is 11.7 Å². The van der Waals surface area contributed by atoms with Gasteiger partial charge in [0.1, 0.15) is 11.2 Å². The summed E-state index contributed by atoms with van der Waals surface area (Å²) in [5.41, 5.74) is 4.27. The van der Waals surface area contributed by atoms with Gasteiger partial charge in [0.05, 0.1) is 66.1 Å². The number of rotatable bonds is 9. The van der Waals surface area contributed by atoms with E-state index < -0.39 is 5.82 Å². The minimum Gasteiger partial charge on any atom is -0.469 e. The minimum absolute atomic E-state index is 0.00168. The van der Waals surface area contributed by atoms with Gasteiger partial charge in [-0.15, -0.1) is 5.10 Å². The lowest BCUT2D eigenvalue weighted by Crippen LogP contribution is -2.51. The molecule has 41 heavy (non-hydrogen) atoms. The van der Waals surface area contributed by atoms with E-state index >= 15 is 0 Å². The van der Waals surface area contributed by atoms with Crippen molar-refractivity contribution in [1.82, 2.24) is 39.0 Å². The molecular formula is C27H25ClFN9O3. The normalized spacial score (nSPS) is 15.5. The number of aromatic nitrogens is 8. The first kappa shape index (κ1) is 25.6. The van der Waals surface area contributed by atoms with Gasteiger partial charge in [0.15, 0.2) is 17.2 Å². The molecule has 7 rings (SSSR count). The number of imidazole rings is 2. The molecule has 0 N–H and O–H groups in total. The van der Waals surface area contributed by atoms with Crippen molar-refractivity contribution in [3.8, 4) is 0 Å². The molecule has 14 heteroatoms. The van der Waals surface area contributed by atoms with Crippen molar-refractivity contribution >= 4 is 40.2 Å². The SMILES string of the molecule is COC(=O)C1CN(c2cc(C3CC3)nn3cc(Cn4cc(C(=O)CCc5ncn6ccc(Cl)c(F)c56)nn4)nc23)C1. The highest BCUT2D eigenvalue weighted by Gasteiger charge is 2.36. The van der Waals surface area contributed by atoms with Gasteiger partial charge in [-0.25, -0.2) is 23.6 Å². The summed E-state index contributed by atoms with van der Waals surface area (Å²) in [4.78, 5) is 35.9. The summed E-state index contributed by atoms with van der Waals surface area (Å²) in [6, 6.07) is 3.53. The molecule has 0 amide bonds. The Labute approximate surface area is 237 Å². The Morgan fingerprint density at radius 2 is 2.05 bits per heavy atom. The number of fused-ring (bicyclic) bond motifs is 2. The zero-order valence-corrected chi connectivity index (χ0v) is 22.8. The second-order valence-corrected chi connectivity index (χ2v) is 10.9. The first-order valence-corrected chi connectivity index (χ1v) is 13.7. The fraction of sp³-hybridized carbons (Fsp3) is 0.370. The number of nitrogens with zero attached hydrogens (tertiary/aromatic N) is 9. The quantitative estimate of drug-likeness (QED) is 0.192. The number of anilines is 1. The predicted octanol–water partition coefficient (Wildman–Crippen LogP) is 3.11. The van der Waals surface area contributed by atoms with Gasteiger partial charge in [-0.1, -0.05) is 16.8 Å². The van der Waals surface area contributed by atoms with Crippen molar-refractivity contribution in [3.63, 3.8) is 0 Å². The van der Waals surface area contributed by atoms with Crippen LogP contribution >= 0.6 is 11.6 Å². The first-order chi connectivity index (χ1) is 19.9. The number of aryl methyl sites for hydroxylation is 1. The van der Waals surface area contributed by atoms with Gasteiger partial charge in [0, 0.05) is 31.6 Å². The van der Waals surface area contributed by atoms with E-state index in [9.17, 15) is 14.0 Å². The Hall–Kier alpha value is -4.39. The number of ketones is 1. The summed E-state index contributed by atoms with van der Waals surface area (Å²) in [7, 11) is 1.41. The lowest BCUT2D eigenvalue weighted by atomic mass is 9.99. The predicted molar refractivity (Wildman–Crippen MR) is 145 cm³/mol. The van der Waals surface area contributed by atoms with Gasteiger partial charge < -0.3 is 14.0 Å². The molecule has 1 saturated carbocycles. The molecule has 0 bridgehead atoms. The fourth-order valence-electron chi connectivity index (χ4n) is 5.20. The van der Waals surface area contributed by atoms with Crippen LogP contribution in [-0.4, -0.2) is 70.9 Å². The monoisotopic (exact) mass is 577 g/mol. The summed E-state index contributed by atoms with van der Waals surface area (Å²) in [6.45, 7) is 1.44. The van der Waals surface area contributed by atoms with Gasteiger partial charge in [0.25, 0.3) is 0 Å². The number of hydrogen-bond acceptors (Lipinski definition) is 9. The number of carbonyl (C=O) groups excluding carboxylic acids is 2. The van der Waals surface area contributed by atoms with E-state index in [1.54, 1.807) is 26.0 Å². The van der Waals surface area contributed by atoms with E-state index in [0.717, 1.165) is 24.2 Å². The van der Waals surface area contributed by atoms with Gasteiger partial charge in [0.2, 0.25) is 0 Å². The number of halogens is 2. The van der Waals surface area contributed by atoms with Crippen LogP contribution < -0.4 is 4.90 Å². The number of ether oxygens (including phenoxy) is 1. The Morgan fingerprint density at radius 1 is 1.22 bits per heavy atom. The van der Waals surface area contributed by atoms with E-state index in [0.29, 0.717) is 42.6 Å². The van der Waals surface area contributed by atoms with Crippen LogP contribution in [0.25, 0.3) is 11.2 Å². The number of carbonyl (C=O) groups is 2. The molecule has 5 aromatic rings. The molecule has 2 aliphatic rings. The van der Waals surface area contributed by atoms with Crippen LogP contribution in [0.1, 0.15) is 52.8 Å². The number of pyridine rings is 1. The van der Waals surface area contributed by atoms with Crippen molar-refractivity contribution in [3.05, 3.63) is 70.7 Å². The molecule has 5 aromatic heterocycles. The topological polar surface area (TPSA) is 125 Å². The number of hydrogen-bond donors (Lipinski definition) is 0. The van der Waals surface area contributed by atoms with Crippen LogP contribution in [0.3, 0.4) is 0 Å². The zero-order valence-electron chi connectivity index (χ0n) is 22.1. The summed E-state index contributed by atoms with van der Waals surface area (Å²) >= 11 is 5.92. The standard InChI is InChI=1S/C27H25ClFN9O3/c1-41-27(40)16-9-36(10-16)22-8-20(15-2-3-15)33-38-12-17(31-26(22)38)11-37-13-21(32-34-37)23(39)5-4-19-25-24(29)18(28)6-7-35(25)14-30-19/h6-8,12-16H,2-5,9-11H2,1H3. The molecule has 0 atom stereocenters. The molecule has 1 aliphatic heterocycles. The number of Topliss-reactive ketones (excluding diaryl/α,β-unsaturated/α-hetero) is 1. The second kappa shape index (κ2) is 9.91. The summed E-state index contributed by atoms with van der Waals surface area (Å²) < 4.78 is 24.3. The van der Waals surface area contributed by atoms with Crippen molar-refractivity contribution in [2.24, 2.45) is 5.92 Å². The third-order valence-electron chi connectivity index (χ3n) is 7.63. The Bertz CT molecular complexity index is 1820. The van der Waals surface area contributed by atoms with Gasteiger partial charge >= 0.3 is 5.97 Å². The van der Waals surface area contributed by atoms with E-state index in [1.165, 1.54) is 19.5 Å². The Kier molecular flexibility index (Phi) is 6.18. The third kappa shape index (κ3) is 4.69. The molecule has 6 heterocycles. The highest BCUT2D eigenvalue weighted by molar-refractivity contribution is 6.31. The van der Waals surface area contributed by atoms with Gasteiger partial charge in [-0.2, -0.15) is 5.10 Å². The van der Waals surface area contributed by atoms with E-state index in [2.05, 4.69) is 26.3 Å². The van der Waals surface area contributed by atoms with Crippen LogP contribution in [0.2, 0.25) is 5.02 Å². The highest BCUT2D eigenvalue weighted by Crippen LogP contribution is 2.41. The zero-order chi connectivity index (χ0) is 28.2. The fourth-order valence-corrected chi connectivity index (χ4v) is 5.35. The van der Waals surface area contributed by atoms with Crippen molar-refractivity contribution in [2.45, 2.75) is 38.1 Å². The maximum Gasteiger partial charge on any atom is 0.312 e. The largest absolute Gasteiger partial charge is 0.469 e. The molecule has 1 saturated heterocycles. The van der Waals surface area contributed by atoms with E-state index in [1.807, 2.05) is 6.20 Å². The molecular weight excluding hydrogens is 553 g/mol. The molecule has 0 aromatic carbocycles. The molecule has 12 nitrogen and oxygen atoms in total. The second-order valence-electron chi connectivity index (χ2n) is 10.5. The van der Waals surface area contributed by atoms with Crippen LogP contribution in [0.15, 0.2) is 37.1 Å². The molecule has 0 unspecified atom stereocenters.